The van der Waals surface area contributed by atoms with Crippen LogP contribution in [0.3, 0.4) is 0 Å². The predicted octanol–water partition coefficient (Wildman–Crippen LogP) is 7.95. The molecule has 3 heteroatoms. The van der Waals surface area contributed by atoms with Gasteiger partial charge in [-0.2, -0.15) is 5.10 Å². The van der Waals surface area contributed by atoms with E-state index in [0.29, 0.717) is 11.3 Å². The number of nitrogens with zero attached hydrogens (tertiary/aromatic N) is 2. The van der Waals surface area contributed by atoms with Crippen molar-refractivity contribution in [3.63, 3.8) is 0 Å². The molecule has 0 bridgehead atoms. The Morgan fingerprint density at radius 3 is 2.65 bits per heavy atom. The van der Waals surface area contributed by atoms with Crippen LogP contribution in [0.1, 0.15) is 110 Å². The number of fused-ring (bicyclic) bond motifs is 5. The quantitative estimate of drug-likeness (QED) is 0.387. The van der Waals surface area contributed by atoms with E-state index in [0.717, 1.165) is 67.1 Å². The van der Waals surface area contributed by atoms with Crippen LogP contribution in [-0.2, 0) is 11.3 Å². The van der Waals surface area contributed by atoms with E-state index in [2.05, 4.69) is 51.7 Å². The third-order valence-electron chi connectivity index (χ3n) is 11.7. The fourth-order valence-electron chi connectivity index (χ4n) is 9.75. The lowest BCUT2D eigenvalue weighted by Gasteiger charge is -2.57. The molecule has 4 aliphatic rings. The summed E-state index contributed by atoms with van der Waals surface area (Å²) in [5.41, 5.74) is 1.98. The van der Waals surface area contributed by atoms with Gasteiger partial charge in [0.1, 0.15) is 0 Å². The maximum Gasteiger partial charge on any atom is 0.0524 e. The molecular formula is C31H52N2O. The van der Waals surface area contributed by atoms with Gasteiger partial charge in [-0.1, -0.05) is 27.7 Å². The molecule has 4 aliphatic carbocycles. The van der Waals surface area contributed by atoms with Crippen LogP contribution in [0.25, 0.3) is 0 Å². The van der Waals surface area contributed by atoms with Crippen molar-refractivity contribution in [1.82, 2.24) is 9.78 Å². The number of ether oxygens (including phenoxy) is 1. The molecule has 3 nitrogen and oxygen atoms in total. The van der Waals surface area contributed by atoms with E-state index in [1.165, 1.54) is 69.8 Å². The van der Waals surface area contributed by atoms with Gasteiger partial charge in [-0.15, -0.1) is 0 Å². The highest BCUT2D eigenvalue weighted by Gasteiger charge is 2.57. The summed E-state index contributed by atoms with van der Waals surface area (Å²) < 4.78 is 8.08. The highest BCUT2D eigenvalue weighted by molar-refractivity contribution is 5.10. The zero-order valence-electron chi connectivity index (χ0n) is 22.8. The summed E-state index contributed by atoms with van der Waals surface area (Å²) in [7, 11) is 0. The molecule has 10 atom stereocenters. The summed E-state index contributed by atoms with van der Waals surface area (Å²) in [6.45, 7) is 15.0. The van der Waals surface area contributed by atoms with Crippen LogP contribution < -0.4 is 0 Å². The SMILES string of the molecule is CCOCC1CCC2C(CCC3C2CCC2(C)C(C(C)Cn4cc(C(C)CC)cn4)CCC32)C1. The van der Waals surface area contributed by atoms with E-state index in [-0.39, 0.29) is 0 Å². The molecule has 1 aromatic rings. The molecule has 0 aromatic carbocycles. The van der Waals surface area contributed by atoms with Crippen molar-refractivity contribution in [3.8, 4) is 0 Å². The highest BCUT2D eigenvalue weighted by Crippen LogP contribution is 2.65. The van der Waals surface area contributed by atoms with Gasteiger partial charge >= 0.3 is 0 Å². The lowest BCUT2D eigenvalue weighted by atomic mass is 9.49. The summed E-state index contributed by atoms with van der Waals surface area (Å²) in [6.07, 6.45) is 19.0. The maximum absolute atomic E-state index is 5.82. The smallest absolute Gasteiger partial charge is 0.0524 e. The summed E-state index contributed by atoms with van der Waals surface area (Å²) in [6, 6.07) is 0. The Balaban J connectivity index is 1.23. The van der Waals surface area contributed by atoms with E-state index in [4.69, 9.17) is 9.84 Å². The summed E-state index contributed by atoms with van der Waals surface area (Å²) in [5.74, 6) is 8.11. The van der Waals surface area contributed by atoms with Crippen LogP contribution in [0.4, 0.5) is 0 Å². The average molecular weight is 469 g/mol. The van der Waals surface area contributed by atoms with Crippen molar-refractivity contribution >= 4 is 0 Å². The molecule has 192 valence electrons. The molecule has 0 spiro atoms. The minimum Gasteiger partial charge on any atom is -0.381 e. The summed E-state index contributed by atoms with van der Waals surface area (Å²) >= 11 is 0. The van der Waals surface area contributed by atoms with E-state index in [1.54, 1.807) is 0 Å². The normalized spacial score (nSPS) is 41.4. The lowest BCUT2D eigenvalue weighted by molar-refractivity contribution is -0.0786. The number of hydrogen-bond donors (Lipinski definition) is 0. The molecule has 1 aromatic heterocycles. The largest absolute Gasteiger partial charge is 0.381 e. The second kappa shape index (κ2) is 10.3. The zero-order chi connectivity index (χ0) is 23.9. The van der Waals surface area contributed by atoms with E-state index >= 15 is 0 Å². The van der Waals surface area contributed by atoms with Crippen molar-refractivity contribution in [1.29, 1.82) is 0 Å². The van der Waals surface area contributed by atoms with Gasteiger partial charge in [-0.3, -0.25) is 4.68 Å². The standard InChI is InChI=1S/C31H52N2O/c1-6-21(3)25-17-32-33(19-25)18-22(4)29-12-13-30-28-11-9-24-16-23(20-34-7-2)8-10-26(24)27(28)14-15-31(29,30)5/h17,19,21-24,26-30H,6-16,18,20H2,1-5H3. The molecule has 0 amide bonds. The first-order valence-electron chi connectivity index (χ1n) is 15.0. The Labute approximate surface area is 209 Å². The van der Waals surface area contributed by atoms with Crippen molar-refractivity contribution in [2.45, 2.75) is 111 Å². The fourth-order valence-corrected chi connectivity index (χ4v) is 9.75. The van der Waals surface area contributed by atoms with Gasteiger partial charge < -0.3 is 4.74 Å². The van der Waals surface area contributed by atoms with Gasteiger partial charge in [0.15, 0.2) is 0 Å². The first kappa shape index (κ1) is 24.8. The Kier molecular flexibility index (Phi) is 7.50. The van der Waals surface area contributed by atoms with Gasteiger partial charge in [0.2, 0.25) is 0 Å². The molecule has 0 saturated heterocycles. The van der Waals surface area contributed by atoms with Crippen LogP contribution in [0.5, 0.6) is 0 Å². The van der Waals surface area contributed by atoms with Gasteiger partial charge in [0, 0.05) is 26.0 Å². The molecule has 4 fully saturated rings. The Morgan fingerprint density at radius 2 is 1.85 bits per heavy atom. The van der Waals surface area contributed by atoms with Crippen LogP contribution >= 0.6 is 0 Å². The van der Waals surface area contributed by atoms with Crippen molar-refractivity contribution in [2.24, 2.45) is 52.8 Å². The van der Waals surface area contributed by atoms with Crippen molar-refractivity contribution in [3.05, 3.63) is 18.0 Å². The average Bonchev–Trinajstić information content (AvgIpc) is 3.45. The van der Waals surface area contributed by atoms with E-state index in [1.807, 2.05) is 0 Å². The highest BCUT2D eigenvalue weighted by atomic mass is 16.5. The second-order valence-corrected chi connectivity index (χ2v) is 13.3. The van der Waals surface area contributed by atoms with Crippen LogP contribution in [0.15, 0.2) is 12.4 Å². The second-order valence-electron chi connectivity index (χ2n) is 13.3. The summed E-state index contributed by atoms with van der Waals surface area (Å²) in [4.78, 5) is 0. The molecule has 34 heavy (non-hydrogen) atoms. The zero-order valence-corrected chi connectivity index (χ0v) is 22.8. The van der Waals surface area contributed by atoms with Gasteiger partial charge in [0.05, 0.1) is 6.20 Å². The van der Waals surface area contributed by atoms with E-state index < -0.39 is 0 Å². The van der Waals surface area contributed by atoms with Crippen LogP contribution in [0.2, 0.25) is 0 Å². The first-order chi connectivity index (χ1) is 16.4. The Morgan fingerprint density at radius 1 is 1.03 bits per heavy atom. The number of hydrogen-bond acceptors (Lipinski definition) is 2. The number of aromatic nitrogens is 2. The van der Waals surface area contributed by atoms with Gasteiger partial charge in [0.25, 0.3) is 0 Å². The third-order valence-corrected chi connectivity index (χ3v) is 11.7. The summed E-state index contributed by atoms with van der Waals surface area (Å²) in [5, 5.41) is 4.77. The van der Waals surface area contributed by atoms with Crippen LogP contribution in [-0.4, -0.2) is 23.0 Å². The molecule has 0 aliphatic heterocycles. The minimum absolute atomic E-state index is 0.562. The first-order valence-corrected chi connectivity index (χ1v) is 15.0. The maximum atomic E-state index is 5.82. The Bertz CT molecular complexity index is 803. The van der Waals surface area contributed by atoms with Crippen molar-refractivity contribution < 1.29 is 4.74 Å². The lowest BCUT2D eigenvalue weighted by Crippen LogP contribution is -2.49. The van der Waals surface area contributed by atoms with Gasteiger partial charge in [-0.05, 0) is 135 Å². The molecule has 1 heterocycles. The monoisotopic (exact) mass is 468 g/mol. The predicted molar refractivity (Wildman–Crippen MR) is 141 cm³/mol. The molecule has 0 radical (unpaired) electrons. The minimum atomic E-state index is 0.562. The fraction of sp³-hybridized carbons (Fsp3) is 0.903. The molecule has 5 rings (SSSR count). The molecule has 4 saturated carbocycles. The number of rotatable bonds is 8. The molecule has 10 unspecified atom stereocenters. The molecular weight excluding hydrogens is 416 g/mol. The topological polar surface area (TPSA) is 27.1 Å². The van der Waals surface area contributed by atoms with E-state index in [9.17, 15) is 0 Å². The van der Waals surface area contributed by atoms with Crippen molar-refractivity contribution in [2.75, 3.05) is 13.2 Å². The third kappa shape index (κ3) is 4.53. The van der Waals surface area contributed by atoms with Gasteiger partial charge in [-0.25, -0.2) is 0 Å². The Hall–Kier alpha value is -0.830. The van der Waals surface area contributed by atoms with Crippen LogP contribution in [0, 0.1) is 52.8 Å². The molecule has 0 N–H and O–H groups in total.